The minimum Gasteiger partial charge on any atom is -0.481 e. The minimum absolute atomic E-state index is 0.230. The zero-order valence-electron chi connectivity index (χ0n) is 14.4. The predicted octanol–water partition coefficient (Wildman–Crippen LogP) is 3.42. The van der Waals surface area contributed by atoms with Crippen molar-refractivity contribution in [1.82, 2.24) is 14.5 Å². The van der Waals surface area contributed by atoms with Crippen molar-refractivity contribution in [3.05, 3.63) is 36.3 Å². The molecule has 0 amide bonds. The first-order valence-electron chi connectivity index (χ1n) is 8.64. The van der Waals surface area contributed by atoms with Crippen molar-refractivity contribution >= 4 is 27.9 Å². The summed E-state index contributed by atoms with van der Waals surface area (Å²) >= 11 is 0. The Labute approximate surface area is 146 Å². The number of aliphatic carboxylic acids is 1. The summed E-state index contributed by atoms with van der Waals surface area (Å²) in [5.74, 6) is 0.263. The number of aryl methyl sites for hydroxylation is 1. The van der Waals surface area contributed by atoms with Gasteiger partial charge in [0.2, 0.25) is 0 Å². The van der Waals surface area contributed by atoms with Gasteiger partial charge in [-0.15, -0.1) is 0 Å². The van der Waals surface area contributed by atoms with Gasteiger partial charge in [0.05, 0.1) is 23.8 Å². The fourth-order valence-corrected chi connectivity index (χ4v) is 3.16. The molecule has 1 aromatic carbocycles. The lowest BCUT2D eigenvalue weighted by molar-refractivity contribution is -0.137. The summed E-state index contributed by atoms with van der Waals surface area (Å²) in [6, 6.07) is 8.09. The number of carboxylic acids is 1. The molecule has 0 aliphatic heterocycles. The van der Waals surface area contributed by atoms with Gasteiger partial charge in [-0.1, -0.05) is 24.6 Å². The Morgan fingerprint density at radius 2 is 2.04 bits per heavy atom. The van der Waals surface area contributed by atoms with Gasteiger partial charge in [-0.25, -0.2) is 4.98 Å². The summed E-state index contributed by atoms with van der Waals surface area (Å²) in [7, 11) is 1.69. The lowest BCUT2D eigenvalue weighted by atomic mass is 10.1. The molecule has 0 radical (unpaired) electrons. The Kier molecular flexibility index (Phi) is 5.60. The smallest absolute Gasteiger partial charge is 0.303 e. The lowest BCUT2D eigenvalue weighted by Crippen LogP contribution is -2.07. The number of carbonyl (C=O) groups is 1. The molecule has 0 unspecified atom stereocenters. The van der Waals surface area contributed by atoms with E-state index in [9.17, 15) is 4.79 Å². The molecule has 3 aromatic rings. The summed E-state index contributed by atoms with van der Waals surface area (Å²) in [6.07, 6.45) is 5.32. The van der Waals surface area contributed by atoms with Gasteiger partial charge >= 0.3 is 5.97 Å². The molecule has 0 bridgehead atoms. The third kappa shape index (κ3) is 3.96. The van der Waals surface area contributed by atoms with E-state index in [1.165, 1.54) is 0 Å². The van der Waals surface area contributed by atoms with E-state index in [1.54, 1.807) is 7.11 Å². The minimum atomic E-state index is -0.731. The van der Waals surface area contributed by atoms with Crippen LogP contribution >= 0.6 is 0 Å². The molecule has 0 atom stereocenters. The number of unbranched alkanes of at least 4 members (excludes halogenated alkanes) is 2. The number of aromatic nitrogens is 3. The number of carboxylic acid groups (broad SMARTS) is 1. The number of ether oxygens (including phenoxy) is 1. The normalized spacial score (nSPS) is 11.4. The van der Waals surface area contributed by atoms with Gasteiger partial charge in [-0.2, -0.15) is 0 Å². The first-order chi connectivity index (χ1) is 12.2. The Bertz CT molecular complexity index is 873. The van der Waals surface area contributed by atoms with E-state index in [0.717, 1.165) is 53.6 Å². The SMILES string of the molecule is COCCc1nc2cnc3ccccc3c2n1CCCCCC(=O)O. The maximum Gasteiger partial charge on any atom is 0.303 e. The van der Waals surface area contributed by atoms with Crippen LogP contribution in [0.3, 0.4) is 0 Å². The van der Waals surface area contributed by atoms with Crippen molar-refractivity contribution in [2.45, 2.75) is 38.6 Å². The van der Waals surface area contributed by atoms with E-state index in [0.29, 0.717) is 13.0 Å². The molecule has 0 aliphatic carbocycles. The van der Waals surface area contributed by atoms with Crippen LogP contribution in [0, 0.1) is 0 Å². The summed E-state index contributed by atoms with van der Waals surface area (Å²) in [5.41, 5.74) is 2.96. The van der Waals surface area contributed by atoms with Crippen LogP contribution in [0.5, 0.6) is 0 Å². The van der Waals surface area contributed by atoms with Crippen molar-refractivity contribution in [1.29, 1.82) is 0 Å². The number of rotatable bonds is 9. The molecule has 6 heteroatoms. The number of hydrogen-bond acceptors (Lipinski definition) is 4. The Hall–Kier alpha value is -2.47. The maximum absolute atomic E-state index is 10.6. The number of nitrogens with zero attached hydrogens (tertiary/aromatic N) is 3. The number of pyridine rings is 1. The van der Waals surface area contributed by atoms with Gasteiger partial charge < -0.3 is 14.4 Å². The second kappa shape index (κ2) is 8.07. The summed E-state index contributed by atoms with van der Waals surface area (Å²) in [6.45, 7) is 1.44. The maximum atomic E-state index is 10.6. The molecule has 0 saturated heterocycles. The van der Waals surface area contributed by atoms with E-state index in [4.69, 9.17) is 14.8 Å². The molecule has 1 N–H and O–H groups in total. The number of para-hydroxylation sites is 1. The topological polar surface area (TPSA) is 77.2 Å². The molecule has 0 fully saturated rings. The Balaban J connectivity index is 1.91. The van der Waals surface area contributed by atoms with Crippen LogP contribution in [0.25, 0.3) is 21.9 Å². The zero-order valence-corrected chi connectivity index (χ0v) is 14.4. The van der Waals surface area contributed by atoms with Crippen LogP contribution in [0.4, 0.5) is 0 Å². The largest absolute Gasteiger partial charge is 0.481 e. The summed E-state index contributed by atoms with van der Waals surface area (Å²) in [4.78, 5) is 19.9. The van der Waals surface area contributed by atoms with E-state index in [-0.39, 0.29) is 6.42 Å². The Morgan fingerprint density at radius 3 is 2.84 bits per heavy atom. The number of fused-ring (bicyclic) bond motifs is 3. The molecule has 0 spiro atoms. The second-order valence-corrected chi connectivity index (χ2v) is 6.14. The van der Waals surface area contributed by atoms with Gasteiger partial charge in [0, 0.05) is 31.9 Å². The van der Waals surface area contributed by atoms with Crippen LogP contribution in [-0.4, -0.2) is 39.3 Å². The first-order valence-corrected chi connectivity index (χ1v) is 8.64. The van der Waals surface area contributed by atoms with Gasteiger partial charge in [-0.3, -0.25) is 9.78 Å². The van der Waals surface area contributed by atoms with Crippen molar-refractivity contribution in [2.24, 2.45) is 0 Å². The second-order valence-electron chi connectivity index (χ2n) is 6.14. The van der Waals surface area contributed by atoms with Crippen molar-refractivity contribution < 1.29 is 14.6 Å². The highest BCUT2D eigenvalue weighted by Crippen LogP contribution is 2.25. The summed E-state index contributed by atoms with van der Waals surface area (Å²) < 4.78 is 7.47. The van der Waals surface area contributed by atoms with Crippen molar-refractivity contribution in [3.8, 4) is 0 Å². The lowest BCUT2D eigenvalue weighted by Gasteiger charge is -2.10. The van der Waals surface area contributed by atoms with E-state index in [1.807, 2.05) is 24.4 Å². The monoisotopic (exact) mass is 341 g/mol. The quantitative estimate of drug-likeness (QED) is 0.604. The van der Waals surface area contributed by atoms with Crippen LogP contribution in [-0.2, 0) is 22.5 Å². The van der Waals surface area contributed by atoms with E-state index < -0.39 is 5.97 Å². The zero-order chi connectivity index (χ0) is 17.6. The molecular weight excluding hydrogens is 318 g/mol. The predicted molar refractivity (Wildman–Crippen MR) is 96.7 cm³/mol. The molecule has 2 aromatic heterocycles. The first kappa shape index (κ1) is 17.4. The van der Waals surface area contributed by atoms with Gasteiger partial charge in [0.1, 0.15) is 11.3 Å². The average Bonchev–Trinajstić information content (AvgIpc) is 2.97. The van der Waals surface area contributed by atoms with Crippen LogP contribution in [0.15, 0.2) is 30.5 Å². The van der Waals surface area contributed by atoms with Crippen molar-refractivity contribution in [2.75, 3.05) is 13.7 Å². The Morgan fingerprint density at radius 1 is 1.20 bits per heavy atom. The average molecular weight is 341 g/mol. The third-order valence-corrected chi connectivity index (χ3v) is 4.36. The van der Waals surface area contributed by atoms with Crippen LogP contribution in [0.2, 0.25) is 0 Å². The molecule has 3 rings (SSSR count). The molecule has 2 heterocycles. The highest BCUT2D eigenvalue weighted by atomic mass is 16.5. The number of benzene rings is 1. The fraction of sp³-hybridized carbons (Fsp3) is 0.421. The molecular formula is C19H23N3O3. The standard InChI is InChI=1S/C19H23N3O3/c1-25-12-10-17-21-16-13-20-15-8-5-4-7-14(15)19(16)22(17)11-6-2-3-9-18(23)24/h4-5,7-8,13H,2-3,6,9-12H2,1H3,(H,23,24). The molecule has 132 valence electrons. The highest BCUT2D eigenvalue weighted by Gasteiger charge is 2.14. The highest BCUT2D eigenvalue weighted by molar-refractivity contribution is 6.02. The van der Waals surface area contributed by atoms with E-state index in [2.05, 4.69) is 15.6 Å². The molecule has 0 saturated carbocycles. The van der Waals surface area contributed by atoms with Crippen LogP contribution in [0.1, 0.15) is 31.5 Å². The molecule has 0 aliphatic rings. The fourth-order valence-electron chi connectivity index (χ4n) is 3.16. The molecule has 25 heavy (non-hydrogen) atoms. The molecule has 6 nitrogen and oxygen atoms in total. The van der Waals surface area contributed by atoms with Gasteiger partial charge in [0.15, 0.2) is 0 Å². The number of hydrogen-bond donors (Lipinski definition) is 1. The third-order valence-electron chi connectivity index (χ3n) is 4.36. The van der Waals surface area contributed by atoms with Crippen molar-refractivity contribution in [3.63, 3.8) is 0 Å². The van der Waals surface area contributed by atoms with E-state index >= 15 is 0 Å². The number of imidazole rings is 1. The number of methoxy groups -OCH3 is 1. The van der Waals surface area contributed by atoms with Crippen LogP contribution < -0.4 is 0 Å². The van der Waals surface area contributed by atoms with Gasteiger partial charge in [0.25, 0.3) is 0 Å². The van der Waals surface area contributed by atoms with Gasteiger partial charge in [-0.05, 0) is 18.9 Å². The summed E-state index contributed by atoms with van der Waals surface area (Å²) in [5, 5.41) is 9.86.